The van der Waals surface area contributed by atoms with E-state index in [1.807, 2.05) is 0 Å². The van der Waals surface area contributed by atoms with Crippen molar-refractivity contribution in [2.75, 3.05) is 0 Å². The molecular formula is C21H18Cl2SiZr. The van der Waals surface area contributed by atoms with Gasteiger partial charge in [0.1, 0.15) is 9.52 Å². The van der Waals surface area contributed by atoms with E-state index >= 15 is 0 Å². The van der Waals surface area contributed by atoms with Crippen molar-refractivity contribution in [2.45, 2.75) is 29.8 Å². The van der Waals surface area contributed by atoms with Crippen molar-refractivity contribution in [1.29, 1.82) is 0 Å². The minimum absolute atomic E-state index is 0. The van der Waals surface area contributed by atoms with Crippen molar-refractivity contribution in [1.82, 2.24) is 0 Å². The van der Waals surface area contributed by atoms with Crippen LogP contribution < -0.4 is 0 Å². The van der Waals surface area contributed by atoms with Gasteiger partial charge in [0.15, 0.2) is 0 Å². The van der Waals surface area contributed by atoms with E-state index in [-0.39, 0.29) is 26.2 Å². The Balaban J connectivity index is 0.00000182. The fourth-order valence-corrected chi connectivity index (χ4v) is 7.18. The predicted molar refractivity (Wildman–Crippen MR) is 106 cm³/mol. The second-order valence-electron chi connectivity index (χ2n) is 6.65. The molecule has 2 atom stereocenters. The zero-order valence-electron chi connectivity index (χ0n) is 14.5. The van der Waals surface area contributed by atoms with Crippen LogP contribution in [-0.2, 0) is 35.2 Å². The van der Waals surface area contributed by atoms with Crippen LogP contribution in [0.1, 0.15) is 43.0 Å². The van der Waals surface area contributed by atoms with E-state index < -0.39 is 8.99 Å². The molecule has 2 aromatic rings. The van der Waals surface area contributed by atoms with Gasteiger partial charge in [0.2, 0.25) is 0 Å². The quantitative estimate of drug-likeness (QED) is 0.376. The third kappa shape index (κ3) is 2.72. The molecular weight excluding hydrogens is 442 g/mol. The van der Waals surface area contributed by atoms with Crippen LogP contribution in [0.15, 0.2) is 59.7 Å². The van der Waals surface area contributed by atoms with Crippen LogP contribution in [-0.4, -0.2) is 9.52 Å². The van der Waals surface area contributed by atoms with Crippen LogP contribution in [0.3, 0.4) is 0 Å². The summed E-state index contributed by atoms with van der Waals surface area (Å²) < 4.78 is -1.06. The number of rotatable bonds is 2. The topological polar surface area (TPSA) is 0 Å². The van der Waals surface area contributed by atoms with Crippen LogP contribution >= 0.6 is 23.2 Å². The normalized spacial score (nSPS) is 26.8. The van der Waals surface area contributed by atoms with Gasteiger partial charge in [-0.25, -0.2) is 0 Å². The molecule has 0 bridgehead atoms. The van der Waals surface area contributed by atoms with Gasteiger partial charge >= 0.3 is 0 Å². The summed E-state index contributed by atoms with van der Waals surface area (Å²) in [5.41, 5.74) is 8.52. The van der Waals surface area contributed by atoms with Gasteiger partial charge in [-0.2, -0.15) is 0 Å². The molecule has 0 N–H and O–H groups in total. The Morgan fingerprint density at radius 3 is 2.12 bits per heavy atom. The van der Waals surface area contributed by atoms with E-state index in [1.165, 1.54) is 39.0 Å². The number of halogens is 2. The zero-order valence-corrected chi connectivity index (χ0v) is 19.4. The second-order valence-corrected chi connectivity index (χ2v) is 10.2. The minimum atomic E-state index is -0.533. The molecule has 0 aromatic heterocycles. The number of fused-ring (bicyclic) bond motifs is 2. The molecule has 4 heteroatoms. The Morgan fingerprint density at radius 2 is 1.40 bits per heavy atom. The van der Waals surface area contributed by atoms with E-state index in [1.54, 1.807) is 0 Å². The van der Waals surface area contributed by atoms with Crippen molar-refractivity contribution in [3.05, 3.63) is 81.9 Å². The molecule has 0 amide bonds. The third-order valence-electron chi connectivity index (χ3n) is 5.37. The summed E-state index contributed by atoms with van der Waals surface area (Å²) >= 11 is 14.5. The maximum absolute atomic E-state index is 7.29. The first-order chi connectivity index (χ1) is 11.4. The summed E-state index contributed by atoms with van der Waals surface area (Å²) in [6, 6.07) is 16.8. The fourth-order valence-electron chi connectivity index (χ4n) is 3.82. The first-order valence-corrected chi connectivity index (χ1v) is 9.87. The fraction of sp³-hybridized carbons (Fsp3) is 0.238. The standard InChI is InChI=1S/C21H18Cl2Si.Zr/c1-13-12-16-8-4-6-10-18(16)20(13,22)24-21(23)15(3)14(2)17-9-5-7-11-19(17)21;/h4-12H,1-3H3;. The summed E-state index contributed by atoms with van der Waals surface area (Å²) in [7, 11) is 0.331. The van der Waals surface area contributed by atoms with Gasteiger partial charge in [-0.3, -0.25) is 0 Å². The Bertz CT molecular complexity index is 918. The van der Waals surface area contributed by atoms with Gasteiger partial charge in [-0.05, 0) is 54.2 Å². The summed E-state index contributed by atoms with van der Waals surface area (Å²) in [5, 5.41) is 0. The Morgan fingerprint density at radius 1 is 0.800 bits per heavy atom. The van der Waals surface area contributed by atoms with Crippen LogP contribution in [0.5, 0.6) is 0 Å². The van der Waals surface area contributed by atoms with Crippen molar-refractivity contribution in [3.8, 4) is 0 Å². The number of alkyl halides is 2. The van der Waals surface area contributed by atoms with Crippen molar-refractivity contribution in [3.63, 3.8) is 0 Å². The molecule has 0 spiro atoms. The van der Waals surface area contributed by atoms with Gasteiger partial charge in [0, 0.05) is 26.2 Å². The molecule has 0 aliphatic heterocycles. The van der Waals surface area contributed by atoms with Crippen molar-refractivity contribution in [2.24, 2.45) is 0 Å². The Labute approximate surface area is 181 Å². The van der Waals surface area contributed by atoms with Gasteiger partial charge in [-0.15, -0.1) is 23.2 Å². The molecule has 0 heterocycles. The van der Waals surface area contributed by atoms with Crippen LogP contribution in [0.2, 0.25) is 0 Å². The van der Waals surface area contributed by atoms with Gasteiger partial charge in [0.25, 0.3) is 0 Å². The SMILES string of the molecule is CC1=Cc2ccccc2C1(Cl)[Si]C1(Cl)C(C)=C(C)c2ccccc21.[Zr]. The van der Waals surface area contributed by atoms with Crippen molar-refractivity contribution < 1.29 is 26.2 Å². The summed E-state index contributed by atoms with van der Waals surface area (Å²) in [4.78, 5) is 0. The van der Waals surface area contributed by atoms with Crippen LogP contribution in [0.25, 0.3) is 11.6 Å². The maximum atomic E-state index is 7.29. The molecule has 2 radical (unpaired) electrons. The van der Waals surface area contributed by atoms with E-state index in [9.17, 15) is 0 Å². The third-order valence-corrected chi connectivity index (χ3v) is 8.93. The molecule has 0 saturated heterocycles. The monoisotopic (exact) mass is 458 g/mol. The van der Waals surface area contributed by atoms with E-state index in [4.69, 9.17) is 23.2 Å². The maximum Gasteiger partial charge on any atom is 0.118 e. The number of hydrogen-bond donors (Lipinski definition) is 0. The molecule has 0 fully saturated rings. The molecule has 2 aliphatic rings. The average Bonchev–Trinajstić information content (AvgIpc) is 2.93. The average molecular weight is 461 g/mol. The molecule has 4 rings (SSSR count). The molecule has 2 unspecified atom stereocenters. The number of benzene rings is 2. The number of hydrogen-bond acceptors (Lipinski definition) is 0. The molecule has 0 saturated carbocycles. The van der Waals surface area contributed by atoms with Gasteiger partial charge in [0.05, 0.1) is 8.99 Å². The number of allylic oxidation sites excluding steroid dienone is 3. The first-order valence-electron chi connectivity index (χ1n) is 8.11. The van der Waals surface area contributed by atoms with Crippen molar-refractivity contribution >= 4 is 44.4 Å². The van der Waals surface area contributed by atoms with E-state index in [0.717, 1.165) is 0 Å². The molecule has 25 heavy (non-hydrogen) atoms. The van der Waals surface area contributed by atoms with Crippen LogP contribution in [0.4, 0.5) is 0 Å². The van der Waals surface area contributed by atoms with Gasteiger partial charge in [-0.1, -0.05) is 60.2 Å². The van der Waals surface area contributed by atoms with E-state index in [2.05, 4.69) is 75.4 Å². The largest absolute Gasteiger partial charge is 0.118 e. The molecule has 0 nitrogen and oxygen atoms in total. The van der Waals surface area contributed by atoms with E-state index in [0.29, 0.717) is 9.52 Å². The summed E-state index contributed by atoms with van der Waals surface area (Å²) in [5.74, 6) is 0. The molecule has 2 aromatic carbocycles. The smallest absolute Gasteiger partial charge is 0.114 e. The Hall–Kier alpha value is -0.400. The second kappa shape index (κ2) is 6.64. The first kappa shape index (κ1) is 19.4. The van der Waals surface area contributed by atoms with Gasteiger partial charge < -0.3 is 0 Å². The summed E-state index contributed by atoms with van der Waals surface area (Å²) in [6.07, 6.45) is 2.20. The summed E-state index contributed by atoms with van der Waals surface area (Å²) in [6.45, 7) is 6.43. The van der Waals surface area contributed by atoms with Crippen LogP contribution in [0, 0.1) is 0 Å². The Kier molecular flexibility index (Phi) is 5.14. The predicted octanol–water partition coefficient (Wildman–Crippen LogP) is 6.10. The molecule has 2 aliphatic carbocycles. The minimum Gasteiger partial charge on any atom is -0.114 e. The zero-order chi connectivity index (χ0) is 17.1. The molecule has 124 valence electrons.